The molecule has 0 heterocycles. The highest BCUT2D eigenvalue weighted by molar-refractivity contribution is 5.91. The van der Waals surface area contributed by atoms with E-state index >= 15 is 0 Å². The number of hydrogen-bond donors (Lipinski definition) is 3. The Balaban J connectivity index is 2.80. The summed E-state index contributed by atoms with van der Waals surface area (Å²) in [6.07, 6.45) is 0. The van der Waals surface area contributed by atoms with Gasteiger partial charge >= 0.3 is 5.97 Å². The molecule has 5 N–H and O–H groups in total. The Morgan fingerprint density at radius 1 is 1.25 bits per heavy atom. The van der Waals surface area contributed by atoms with Crippen LogP contribution in [0.2, 0.25) is 0 Å². The molecule has 0 aliphatic carbocycles. The zero-order valence-electron chi connectivity index (χ0n) is 11.3. The number of aromatic hydroxyl groups is 1. The lowest BCUT2D eigenvalue weighted by atomic mass is 10.2. The number of aliphatic imine (C=N–C) groups is 1. The third kappa shape index (κ3) is 3.94. The normalized spacial score (nSPS) is 9.70. The van der Waals surface area contributed by atoms with Crippen LogP contribution in [0.1, 0.15) is 10.4 Å². The van der Waals surface area contributed by atoms with Gasteiger partial charge in [-0.05, 0) is 12.1 Å². The lowest BCUT2D eigenvalue weighted by Crippen LogP contribution is -2.23. The molecule has 110 valence electrons. The van der Waals surface area contributed by atoms with Crippen molar-refractivity contribution in [3.8, 4) is 17.2 Å². The number of ether oxygens (including phenoxy) is 3. The minimum atomic E-state index is -0.604. The van der Waals surface area contributed by atoms with Gasteiger partial charge in [-0.1, -0.05) is 0 Å². The van der Waals surface area contributed by atoms with Crippen LogP contribution in [0.5, 0.6) is 17.2 Å². The van der Waals surface area contributed by atoms with E-state index in [1.165, 1.54) is 26.4 Å². The highest BCUT2D eigenvalue weighted by atomic mass is 16.5. The number of methoxy groups -OCH3 is 2. The first kappa shape index (κ1) is 15.4. The molecule has 1 rings (SSSR count). The fraction of sp³-hybridized carbons (Fsp3) is 0.333. The number of carbonyl (C=O) groups is 1. The van der Waals surface area contributed by atoms with Crippen molar-refractivity contribution in [2.75, 3.05) is 27.4 Å². The molecule has 0 saturated heterocycles. The lowest BCUT2D eigenvalue weighted by molar-refractivity contribution is 0.0516. The van der Waals surface area contributed by atoms with Crippen molar-refractivity contribution in [3.05, 3.63) is 17.7 Å². The minimum absolute atomic E-state index is 0.0300. The largest absolute Gasteiger partial charge is 0.502 e. The van der Waals surface area contributed by atoms with Gasteiger partial charge in [-0.15, -0.1) is 0 Å². The molecule has 1 aromatic rings. The predicted molar refractivity (Wildman–Crippen MR) is 72.2 cm³/mol. The summed E-state index contributed by atoms with van der Waals surface area (Å²) in [5, 5.41) is 9.72. The highest BCUT2D eigenvalue weighted by Crippen LogP contribution is 2.37. The number of carbonyl (C=O) groups excluding carboxylic acids is 1. The maximum Gasteiger partial charge on any atom is 0.338 e. The minimum Gasteiger partial charge on any atom is -0.502 e. The van der Waals surface area contributed by atoms with Gasteiger partial charge in [0.2, 0.25) is 5.75 Å². The summed E-state index contributed by atoms with van der Waals surface area (Å²) in [5.41, 5.74) is 10.5. The van der Waals surface area contributed by atoms with Crippen molar-refractivity contribution in [2.45, 2.75) is 0 Å². The van der Waals surface area contributed by atoms with Crippen molar-refractivity contribution < 1.29 is 24.1 Å². The van der Waals surface area contributed by atoms with E-state index in [-0.39, 0.29) is 41.9 Å². The van der Waals surface area contributed by atoms with Gasteiger partial charge in [0.1, 0.15) is 6.61 Å². The van der Waals surface area contributed by atoms with Gasteiger partial charge in [0, 0.05) is 0 Å². The number of phenols is 1. The Hall–Kier alpha value is -2.64. The molecular weight excluding hydrogens is 266 g/mol. The van der Waals surface area contributed by atoms with Gasteiger partial charge < -0.3 is 30.8 Å². The van der Waals surface area contributed by atoms with E-state index in [1.807, 2.05) is 0 Å². The SMILES string of the molecule is COc1cc(C(=O)OCCN=C(N)N)cc(OC)c1O. The summed E-state index contributed by atoms with van der Waals surface area (Å²) in [6, 6.07) is 2.70. The lowest BCUT2D eigenvalue weighted by Gasteiger charge is -2.10. The van der Waals surface area contributed by atoms with Crippen molar-refractivity contribution in [2.24, 2.45) is 16.5 Å². The average Bonchev–Trinajstić information content (AvgIpc) is 2.43. The van der Waals surface area contributed by atoms with E-state index in [2.05, 4.69) is 4.99 Å². The van der Waals surface area contributed by atoms with Gasteiger partial charge in [-0.2, -0.15) is 0 Å². The standard InChI is InChI=1S/C12H17N3O5/c1-18-8-5-7(6-9(19-2)10(8)16)11(17)20-4-3-15-12(13)14/h5-6,16H,3-4H2,1-2H3,(H4,13,14,15). The molecule has 8 heteroatoms. The smallest absolute Gasteiger partial charge is 0.338 e. The summed E-state index contributed by atoms with van der Waals surface area (Å²) in [6.45, 7) is 0.197. The van der Waals surface area contributed by atoms with Crippen LogP contribution in [0.25, 0.3) is 0 Å². The number of benzene rings is 1. The zero-order valence-corrected chi connectivity index (χ0v) is 11.3. The Kier molecular flexibility index (Phi) is 5.45. The van der Waals surface area contributed by atoms with Gasteiger partial charge in [0.05, 0.1) is 26.3 Å². The van der Waals surface area contributed by atoms with E-state index < -0.39 is 5.97 Å². The molecule has 0 amide bonds. The molecule has 0 spiro atoms. The van der Waals surface area contributed by atoms with Crippen LogP contribution in [-0.2, 0) is 4.74 Å². The van der Waals surface area contributed by atoms with Crippen LogP contribution in [0, 0.1) is 0 Å². The molecule has 0 atom stereocenters. The van der Waals surface area contributed by atoms with E-state index in [4.69, 9.17) is 25.7 Å². The number of guanidine groups is 1. The van der Waals surface area contributed by atoms with E-state index in [0.717, 1.165) is 0 Å². The molecule has 0 aliphatic rings. The maximum absolute atomic E-state index is 11.8. The number of phenolic OH excluding ortho intramolecular Hbond substituents is 1. The molecule has 0 saturated carbocycles. The third-order valence-electron chi connectivity index (χ3n) is 2.33. The Morgan fingerprint density at radius 2 is 1.80 bits per heavy atom. The summed E-state index contributed by atoms with van der Waals surface area (Å²) in [5.74, 6) is -0.644. The van der Waals surface area contributed by atoms with Gasteiger partial charge in [-0.25, -0.2) is 4.79 Å². The van der Waals surface area contributed by atoms with Crippen LogP contribution in [0.4, 0.5) is 0 Å². The first-order valence-electron chi connectivity index (χ1n) is 5.67. The first-order valence-corrected chi connectivity index (χ1v) is 5.67. The summed E-state index contributed by atoms with van der Waals surface area (Å²) < 4.78 is 14.9. The van der Waals surface area contributed by atoms with Crippen LogP contribution in [-0.4, -0.2) is 44.4 Å². The average molecular weight is 283 g/mol. The number of esters is 1. The number of nitrogens with zero attached hydrogens (tertiary/aromatic N) is 1. The summed E-state index contributed by atoms with van der Waals surface area (Å²) >= 11 is 0. The van der Waals surface area contributed by atoms with E-state index in [9.17, 15) is 9.90 Å². The van der Waals surface area contributed by atoms with Crippen molar-refractivity contribution in [3.63, 3.8) is 0 Å². The number of nitrogens with two attached hydrogens (primary N) is 2. The third-order valence-corrected chi connectivity index (χ3v) is 2.33. The van der Waals surface area contributed by atoms with Crippen molar-refractivity contribution in [1.82, 2.24) is 0 Å². The molecule has 0 fully saturated rings. The molecule has 0 aromatic heterocycles. The second-order valence-corrected chi connectivity index (χ2v) is 3.67. The van der Waals surface area contributed by atoms with Crippen LogP contribution in [0.3, 0.4) is 0 Å². The number of rotatable bonds is 6. The summed E-state index contributed by atoms with van der Waals surface area (Å²) in [7, 11) is 2.73. The zero-order chi connectivity index (χ0) is 15.1. The summed E-state index contributed by atoms with van der Waals surface area (Å²) in [4.78, 5) is 15.5. The monoisotopic (exact) mass is 283 g/mol. The molecular formula is C12H17N3O5. The second kappa shape index (κ2) is 7.07. The molecule has 20 heavy (non-hydrogen) atoms. The predicted octanol–water partition coefficient (Wildman–Crippen LogP) is -0.160. The fourth-order valence-corrected chi connectivity index (χ4v) is 1.41. The highest BCUT2D eigenvalue weighted by Gasteiger charge is 2.16. The van der Waals surface area contributed by atoms with Crippen molar-refractivity contribution in [1.29, 1.82) is 0 Å². The van der Waals surface area contributed by atoms with Crippen molar-refractivity contribution >= 4 is 11.9 Å². The molecule has 1 aromatic carbocycles. The second-order valence-electron chi connectivity index (χ2n) is 3.67. The Labute approximate surface area is 115 Å². The first-order chi connectivity index (χ1) is 9.49. The van der Waals surface area contributed by atoms with E-state index in [1.54, 1.807) is 0 Å². The molecule has 0 radical (unpaired) electrons. The van der Waals surface area contributed by atoms with Crippen LogP contribution >= 0.6 is 0 Å². The Bertz CT molecular complexity index is 487. The van der Waals surface area contributed by atoms with E-state index in [0.29, 0.717) is 0 Å². The van der Waals surface area contributed by atoms with Gasteiger partial charge in [0.25, 0.3) is 0 Å². The van der Waals surface area contributed by atoms with Crippen LogP contribution in [0.15, 0.2) is 17.1 Å². The molecule has 0 bridgehead atoms. The molecule has 8 nitrogen and oxygen atoms in total. The molecule has 0 unspecified atom stereocenters. The maximum atomic E-state index is 11.8. The quantitative estimate of drug-likeness (QED) is 0.286. The topological polar surface area (TPSA) is 129 Å². The van der Waals surface area contributed by atoms with Crippen LogP contribution < -0.4 is 20.9 Å². The Morgan fingerprint density at radius 3 is 2.25 bits per heavy atom. The van der Waals surface area contributed by atoms with Gasteiger partial charge in [0.15, 0.2) is 17.5 Å². The molecule has 0 aliphatic heterocycles. The van der Waals surface area contributed by atoms with Gasteiger partial charge in [-0.3, -0.25) is 4.99 Å². The fourth-order valence-electron chi connectivity index (χ4n) is 1.41. The number of hydrogen-bond acceptors (Lipinski definition) is 6.